The van der Waals surface area contributed by atoms with Gasteiger partial charge in [-0.3, -0.25) is 4.79 Å². The molecule has 2 aliphatic rings. The van der Waals surface area contributed by atoms with Crippen LogP contribution < -0.4 is 10.6 Å². The summed E-state index contributed by atoms with van der Waals surface area (Å²) in [4.78, 5) is 27.7. The number of urea groups is 1. The average molecular weight is 364 g/mol. The zero-order valence-corrected chi connectivity index (χ0v) is 15.7. The van der Waals surface area contributed by atoms with E-state index in [2.05, 4.69) is 28.1 Å². The van der Waals surface area contributed by atoms with E-state index in [4.69, 9.17) is 0 Å². The van der Waals surface area contributed by atoms with Crippen molar-refractivity contribution in [2.75, 3.05) is 13.1 Å². The van der Waals surface area contributed by atoms with Crippen LogP contribution in [0.25, 0.3) is 0 Å². The van der Waals surface area contributed by atoms with Gasteiger partial charge in [-0.2, -0.15) is 0 Å². The fourth-order valence-corrected chi connectivity index (χ4v) is 4.78. The molecule has 1 atom stereocenters. The molecule has 1 aromatic rings. The van der Waals surface area contributed by atoms with Crippen LogP contribution in [0, 0.1) is 0 Å². The molecule has 5 nitrogen and oxygen atoms in total. The summed E-state index contributed by atoms with van der Waals surface area (Å²) >= 11 is 1.73. The maximum Gasteiger partial charge on any atom is 0.315 e. The summed E-state index contributed by atoms with van der Waals surface area (Å²) in [6.45, 7) is 1.42. The van der Waals surface area contributed by atoms with E-state index in [-0.39, 0.29) is 18.0 Å². The van der Waals surface area contributed by atoms with Crippen LogP contribution in [0.15, 0.2) is 17.5 Å². The van der Waals surface area contributed by atoms with E-state index >= 15 is 0 Å². The minimum atomic E-state index is -0.0861. The number of likely N-dealkylation sites (tertiary alicyclic amines) is 1. The van der Waals surface area contributed by atoms with Gasteiger partial charge in [0, 0.05) is 30.4 Å². The second-order valence-corrected chi connectivity index (χ2v) is 8.08. The lowest BCUT2D eigenvalue weighted by molar-refractivity contribution is -0.132. The molecule has 0 bridgehead atoms. The van der Waals surface area contributed by atoms with E-state index in [0.717, 1.165) is 32.2 Å². The first-order valence-electron chi connectivity index (χ1n) is 9.61. The van der Waals surface area contributed by atoms with Gasteiger partial charge in [0.15, 0.2) is 0 Å². The fourth-order valence-electron chi connectivity index (χ4n) is 3.91. The summed E-state index contributed by atoms with van der Waals surface area (Å²) < 4.78 is 0. The summed E-state index contributed by atoms with van der Waals surface area (Å²) in [7, 11) is 0. The first-order chi connectivity index (χ1) is 12.2. The van der Waals surface area contributed by atoms with Crippen molar-refractivity contribution in [2.45, 2.75) is 69.9 Å². The predicted molar refractivity (Wildman–Crippen MR) is 101 cm³/mol. The molecule has 1 aromatic heterocycles. The summed E-state index contributed by atoms with van der Waals surface area (Å²) in [6, 6.07) is 4.67. The highest BCUT2D eigenvalue weighted by atomic mass is 32.1. The number of hydrogen-bond donors (Lipinski definition) is 2. The first kappa shape index (κ1) is 18.2. The zero-order valence-electron chi connectivity index (χ0n) is 14.8. The van der Waals surface area contributed by atoms with Crippen molar-refractivity contribution < 1.29 is 9.59 Å². The van der Waals surface area contributed by atoms with Gasteiger partial charge in [0.1, 0.15) is 0 Å². The topological polar surface area (TPSA) is 61.4 Å². The number of nitrogens with zero attached hydrogens (tertiary/aromatic N) is 1. The molecule has 2 N–H and O–H groups in total. The Morgan fingerprint density at radius 1 is 1.16 bits per heavy atom. The quantitative estimate of drug-likeness (QED) is 0.755. The van der Waals surface area contributed by atoms with Gasteiger partial charge in [-0.15, -0.1) is 11.3 Å². The van der Waals surface area contributed by atoms with Crippen LogP contribution in [0.2, 0.25) is 0 Å². The highest BCUT2D eigenvalue weighted by Crippen LogP contribution is 2.34. The molecule has 138 valence electrons. The predicted octanol–water partition coefficient (Wildman–Crippen LogP) is 3.82. The number of thiophene rings is 1. The normalized spacial score (nSPS) is 21.3. The van der Waals surface area contributed by atoms with Crippen molar-refractivity contribution >= 4 is 23.3 Å². The van der Waals surface area contributed by atoms with E-state index in [1.165, 1.54) is 24.1 Å². The van der Waals surface area contributed by atoms with Gasteiger partial charge in [0.2, 0.25) is 5.91 Å². The number of carbonyl (C=O) groups is 2. The molecule has 1 saturated heterocycles. The van der Waals surface area contributed by atoms with Crippen LogP contribution in [0.5, 0.6) is 0 Å². The molecular formula is C19H29N3O2S. The van der Waals surface area contributed by atoms with Gasteiger partial charge in [-0.25, -0.2) is 4.79 Å². The molecule has 3 amide bonds. The molecule has 0 spiro atoms. The minimum Gasteiger partial charge on any atom is -0.338 e. The van der Waals surface area contributed by atoms with E-state index in [1.54, 1.807) is 11.3 Å². The third-order valence-electron chi connectivity index (χ3n) is 5.24. The number of hydrogen-bond acceptors (Lipinski definition) is 3. The molecule has 0 aromatic carbocycles. The van der Waals surface area contributed by atoms with Crippen LogP contribution in [0.3, 0.4) is 0 Å². The third-order valence-corrected chi connectivity index (χ3v) is 6.21. The molecule has 1 aliphatic carbocycles. The van der Waals surface area contributed by atoms with Crippen LogP contribution in [0.4, 0.5) is 4.79 Å². The molecule has 6 heteroatoms. The monoisotopic (exact) mass is 363 g/mol. The second-order valence-electron chi connectivity index (χ2n) is 7.10. The van der Waals surface area contributed by atoms with Crippen molar-refractivity contribution in [3.05, 3.63) is 22.4 Å². The van der Waals surface area contributed by atoms with Gasteiger partial charge in [0.05, 0.1) is 6.04 Å². The SMILES string of the molecule is O=C(NCCCC(=O)N1CCC[C@H]1c1cccs1)NC1CCCCC1. The Kier molecular flexibility index (Phi) is 6.73. The molecule has 1 saturated carbocycles. The van der Waals surface area contributed by atoms with Crippen LogP contribution in [-0.2, 0) is 4.79 Å². The molecule has 2 heterocycles. The lowest BCUT2D eigenvalue weighted by Gasteiger charge is -2.24. The lowest BCUT2D eigenvalue weighted by atomic mass is 9.96. The lowest BCUT2D eigenvalue weighted by Crippen LogP contribution is -2.43. The van der Waals surface area contributed by atoms with Crippen molar-refractivity contribution in [3.63, 3.8) is 0 Å². The first-order valence-corrected chi connectivity index (χ1v) is 10.5. The smallest absolute Gasteiger partial charge is 0.315 e. The van der Waals surface area contributed by atoms with Crippen molar-refractivity contribution in [1.82, 2.24) is 15.5 Å². The molecule has 0 unspecified atom stereocenters. The molecule has 0 radical (unpaired) electrons. The minimum absolute atomic E-state index is 0.0861. The molecule has 2 fully saturated rings. The van der Waals surface area contributed by atoms with Crippen LogP contribution in [-0.4, -0.2) is 36.0 Å². The van der Waals surface area contributed by atoms with Crippen molar-refractivity contribution in [2.24, 2.45) is 0 Å². The van der Waals surface area contributed by atoms with Gasteiger partial charge in [-0.1, -0.05) is 25.3 Å². The Morgan fingerprint density at radius 3 is 2.76 bits per heavy atom. The highest BCUT2D eigenvalue weighted by molar-refractivity contribution is 7.10. The van der Waals surface area contributed by atoms with E-state index in [9.17, 15) is 9.59 Å². The Balaban J connectivity index is 1.34. The summed E-state index contributed by atoms with van der Waals surface area (Å²) in [5.41, 5.74) is 0. The Hall–Kier alpha value is -1.56. The summed E-state index contributed by atoms with van der Waals surface area (Å²) in [5, 5.41) is 8.01. The highest BCUT2D eigenvalue weighted by Gasteiger charge is 2.29. The van der Waals surface area contributed by atoms with Crippen LogP contribution in [0.1, 0.15) is 68.7 Å². The van der Waals surface area contributed by atoms with E-state index in [1.807, 2.05) is 4.90 Å². The number of rotatable bonds is 6. The molecule has 25 heavy (non-hydrogen) atoms. The van der Waals surface area contributed by atoms with Crippen LogP contribution >= 0.6 is 11.3 Å². The molecule has 3 rings (SSSR count). The molecular weight excluding hydrogens is 334 g/mol. The van der Waals surface area contributed by atoms with Gasteiger partial charge in [0.25, 0.3) is 0 Å². The average Bonchev–Trinajstić information content (AvgIpc) is 3.30. The number of amides is 3. The molecule has 1 aliphatic heterocycles. The van der Waals surface area contributed by atoms with E-state index < -0.39 is 0 Å². The fraction of sp³-hybridized carbons (Fsp3) is 0.684. The summed E-state index contributed by atoms with van der Waals surface area (Å²) in [5.74, 6) is 0.213. The third kappa shape index (κ3) is 5.21. The van der Waals surface area contributed by atoms with Gasteiger partial charge in [-0.05, 0) is 43.6 Å². The summed E-state index contributed by atoms with van der Waals surface area (Å²) in [6.07, 6.45) is 9.23. The maximum atomic E-state index is 12.5. The van der Waals surface area contributed by atoms with Crippen molar-refractivity contribution in [1.29, 1.82) is 0 Å². The Morgan fingerprint density at radius 2 is 2.00 bits per heavy atom. The second kappa shape index (κ2) is 9.22. The standard InChI is InChI=1S/C19H29N3O2S/c23-18(22-13-5-9-16(22)17-10-6-14-25-17)11-4-12-20-19(24)21-15-7-2-1-3-8-15/h6,10,14-16H,1-5,7-9,11-13H2,(H2,20,21,24)/t16-/m0/s1. The number of carbonyl (C=O) groups excluding carboxylic acids is 2. The van der Waals surface area contributed by atoms with Gasteiger partial charge < -0.3 is 15.5 Å². The Bertz CT molecular complexity index is 555. The maximum absolute atomic E-state index is 12.5. The van der Waals surface area contributed by atoms with Crippen molar-refractivity contribution in [3.8, 4) is 0 Å². The zero-order chi connectivity index (χ0) is 17.5. The number of nitrogens with one attached hydrogen (secondary N) is 2. The van der Waals surface area contributed by atoms with Gasteiger partial charge >= 0.3 is 6.03 Å². The largest absolute Gasteiger partial charge is 0.338 e. The Labute approximate surface area is 154 Å². The van der Waals surface area contributed by atoms with E-state index in [0.29, 0.717) is 25.4 Å².